The van der Waals surface area contributed by atoms with Crippen molar-refractivity contribution in [3.05, 3.63) is 70.9 Å². The molecule has 4 nitrogen and oxygen atoms in total. The van der Waals surface area contributed by atoms with Crippen LogP contribution < -0.4 is 5.32 Å². The Kier molecular flexibility index (Phi) is 4.61. The van der Waals surface area contributed by atoms with Gasteiger partial charge in [-0.1, -0.05) is 37.3 Å². The Morgan fingerprint density at radius 2 is 1.84 bits per heavy atom. The summed E-state index contributed by atoms with van der Waals surface area (Å²) < 4.78 is 0. The molecule has 3 rings (SSSR count). The molecule has 0 aliphatic carbocycles. The van der Waals surface area contributed by atoms with Gasteiger partial charge >= 0.3 is 0 Å². The highest BCUT2D eigenvalue weighted by atomic mass is 16.1. The summed E-state index contributed by atoms with van der Waals surface area (Å²) in [6.07, 6.45) is 0.669. The van der Waals surface area contributed by atoms with E-state index in [0.717, 1.165) is 22.2 Å². The van der Waals surface area contributed by atoms with E-state index >= 15 is 0 Å². The minimum atomic E-state index is -0.201. The second-order valence-electron chi connectivity index (χ2n) is 6.02. The summed E-state index contributed by atoms with van der Waals surface area (Å²) in [5.74, 6) is -0.234. The van der Waals surface area contributed by atoms with Crippen LogP contribution in [0.1, 0.15) is 45.8 Å². The molecule has 3 aromatic rings. The van der Waals surface area contributed by atoms with E-state index in [2.05, 4.69) is 10.3 Å². The fraction of sp³-hybridized carbons (Fsp3) is 0.190. The van der Waals surface area contributed by atoms with Crippen LogP contribution in [0.25, 0.3) is 10.9 Å². The number of pyridine rings is 1. The number of amides is 1. The molecular weight excluding hydrogens is 312 g/mol. The quantitative estimate of drug-likeness (QED) is 0.713. The molecule has 2 aromatic carbocycles. The van der Waals surface area contributed by atoms with Gasteiger partial charge in [-0.05, 0) is 44.0 Å². The smallest absolute Gasteiger partial charge is 0.257 e. The maximum Gasteiger partial charge on any atom is 0.257 e. The van der Waals surface area contributed by atoms with Gasteiger partial charge in [0.15, 0.2) is 5.78 Å². The molecule has 0 atom stereocenters. The number of carbonyl (C=O) groups excluding carboxylic acids is 2. The van der Waals surface area contributed by atoms with Crippen molar-refractivity contribution >= 4 is 28.3 Å². The van der Waals surface area contributed by atoms with Crippen LogP contribution in [0.3, 0.4) is 0 Å². The molecular formula is C21H20N2O2. The first-order valence-electron chi connectivity index (χ1n) is 8.31. The van der Waals surface area contributed by atoms with Gasteiger partial charge in [-0.25, -0.2) is 0 Å². The third kappa shape index (κ3) is 3.29. The van der Waals surface area contributed by atoms with E-state index in [9.17, 15) is 9.59 Å². The zero-order valence-corrected chi connectivity index (χ0v) is 14.6. The fourth-order valence-electron chi connectivity index (χ4n) is 3.01. The second kappa shape index (κ2) is 6.85. The van der Waals surface area contributed by atoms with E-state index in [4.69, 9.17) is 0 Å². The van der Waals surface area contributed by atoms with Gasteiger partial charge in [-0.15, -0.1) is 0 Å². The predicted molar refractivity (Wildman–Crippen MR) is 100 cm³/mol. The average molecular weight is 332 g/mol. The lowest BCUT2D eigenvalue weighted by atomic mass is 9.99. The van der Waals surface area contributed by atoms with Crippen LogP contribution in [-0.2, 0) is 6.42 Å². The molecule has 1 heterocycles. The van der Waals surface area contributed by atoms with Gasteiger partial charge in [0.05, 0.1) is 16.8 Å². The van der Waals surface area contributed by atoms with E-state index in [-0.39, 0.29) is 11.7 Å². The first kappa shape index (κ1) is 16.8. The lowest BCUT2D eigenvalue weighted by Crippen LogP contribution is -2.17. The molecule has 0 aliphatic heterocycles. The highest BCUT2D eigenvalue weighted by molar-refractivity contribution is 6.09. The van der Waals surface area contributed by atoms with Crippen molar-refractivity contribution < 1.29 is 9.59 Å². The number of aryl methyl sites for hydroxylation is 2. The number of para-hydroxylation sites is 1. The van der Waals surface area contributed by atoms with E-state index in [1.165, 1.54) is 6.92 Å². The van der Waals surface area contributed by atoms with Gasteiger partial charge in [-0.3, -0.25) is 14.6 Å². The van der Waals surface area contributed by atoms with Crippen molar-refractivity contribution in [2.45, 2.75) is 27.2 Å². The molecule has 0 saturated carbocycles. The monoisotopic (exact) mass is 332 g/mol. The molecule has 0 bridgehead atoms. The zero-order valence-electron chi connectivity index (χ0n) is 14.6. The summed E-state index contributed by atoms with van der Waals surface area (Å²) in [6.45, 7) is 5.45. The Hall–Kier alpha value is -3.01. The SMILES string of the molecule is CCc1nc2ccccc2c(C)c1C(=O)Nc1cccc(C(C)=O)c1. The number of Topliss-reactive ketones (excluding diaryl/α,β-unsaturated/α-hetero) is 1. The fourth-order valence-corrected chi connectivity index (χ4v) is 3.01. The highest BCUT2D eigenvalue weighted by Gasteiger charge is 2.18. The number of benzene rings is 2. The summed E-state index contributed by atoms with van der Waals surface area (Å²) >= 11 is 0. The van der Waals surface area contributed by atoms with Crippen molar-refractivity contribution in [3.8, 4) is 0 Å². The summed E-state index contributed by atoms with van der Waals surface area (Å²) in [7, 11) is 0. The highest BCUT2D eigenvalue weighted by Crippen LogP contribution is 2.24. The van der Waals surface area contributed by atoms with Gasteiger partial charge in [-0.2, -0.15) is 0 Å². The molecule has 25 heavy (non-hydrogen) atoms. The van der Waals surface area contributed by atoms with Crippen molar-refractivity contribution in [2.75, 3.05) is 5.32 Å². The van der Waals surface area contributed by atoms with Crippen LogP contribution in [0.4, 0.5) is 5.69 Å². The third-order valence-corrected chi connectivity index (χ3v) is 4.32. The molecule has 0 spiro atoms. The van der Waals surface area contributed by atoms with Crippen LogP contribution in [0, 0.1) is 6.92 Å². The van der Waals surface area contributed by atoms with Crippen LogP contribution in [0.15, 0.2) is 48.5 Å². The lowest BCUT2D eigenvalue weighted by molar-refractivity contribution is 0.101. The maximum atomic E-state index is 12.9. The average Bonchev–Trinajstić information content (AvgIpc) is 2.61. The van der Waals surface area contributed by atoms with Crippen LogP contribution in [0.5, 0.6) is 0 Å². The third-order valence-electron chi connectivity index (χ3n) is 4.32. The van der Waals surface area contributed by atoms with Gasteiger partial charge < -0.3 is 5.32 Å². The molecule has 0 fully saturated rings. The number of nitrogens with one attached hydrogen (secondary N) is 1. The maximum absolute atomic E-state index is 12.9. The van der Waals surface area contributed by atoms with Crippen molar-refractivity contribution in [1.29, 1.82) is 0 Å². The van der Waals surface area contributed by atoms with E-state index in [1.807, 2.05) is 38.1 Å². The normalized spacial score (nSPS) is 10.7. The van der Waals surface area contributed by atoms with Gasteiger partial charge in [0.1, 0.15) is 0 Å². The zero-order chi connectivity index (χ0) is 18.0. The predicted octanol–water partition coefficient (Wildman–Crippen LogP) is 4.56. The van der Waals surface area contributed by atoms with Gasteiger partial charge in [0.2, 0.25) is 0 Å². The lowest BCUT2D eigenvalue weighted by Gasteiger charge is -2.14. The standard InChI is InChI=1S/C21H20N2O2/c1-4-18-20(13(2)17-10-5-6-11-19(17)23-18)21(25)22-16-9-7-8-15(12-16)14(3)24/h5-12H,4H2,1-3H3,(H,22,25). The Morgan fingerprint density at radius 3 is 2.56 bits per heavy atom. The minimum absolute atomic E-state index is 0.0334. The molecule has 1 amide bonds. The second-order valence-corrected chi connectivity index (χ2v) is 6.02. The minimum Gasteiger partial charge on any atom is -0.322 e. The van der Waals surface area contributed by atoms with Crippen LogP contribution in [-0.4, -0.2) is 16.7 Å². The topological polar surface area (TPSA) is 59.1 Å². The molecule has 4 heteroatoms. The summed E-state index contributed by atoms with van der Waals surface area (Å²) in [5, 5.41) is 3.88. The number of carbonyl (C=O) groups is 2. The number of fused-ring (bicyclic) bond motifs is 1. The number of nitrogens with zero attached hydrogens (tertiary/aromatic N) is 1. The Morgan fingerprint density at radius 1 is 1.08 bits per heavy atom. The van der Waals surface area contributed by atoms with Crippen LogP contribution >= 0.6 is 0 Å². The number of hydrogen-bond donors (Lipinski definition) is 1. The van der Waals surface area contributed by atoms with Gasteiger partial charge in [0, 0.05) is 16.6 Å². The number of ketones is 1. The van der Waals surface area contributed by atoms with Crippen molar-refractivity contribution in [1.82, 2.24) is 4.98 Å². The van der Waals surface area contributed by atoms with Gasteiger partial charge in [0.25, 0.3) is 5.91 Å². The number of hydrogen-bond acceptors (Lipinski definition) is 3. The summed E-state index contributed by atoms with van der Waals surface area (Å²) in [5.41, 5.74) is 4.37. The molecule has 0 radical (unpaired) electrons. The molecule has 0 aliphatic rings. The first-order valence-corrected chi connectivity index (χ1v) is 8.31. The summed E-state index contributed by atoms with van der Waals surface area (Å²) in [6, 6.07) is 14.8. The Bertz CT molecular complexity index is 977. The number of anilines is 1. The van der Waals surface area contributed by atoms with E-state index in [0.29, 0.717) is 23.2 Å². The number of aromatic nitrogens is 1. The molecule has 126 valence electrons. The Labute approximate surface area is 146 Å². The van der Waals surface area contributed by atoms with Crippen molar-refractivity contribution in [3.63, 3.8) is 0 Å². The van der Waals surface area contributed by atoms with Crippen LogP contribution in [0.2, 0.25) is 0 Å². The summed E-state index contributed by atoms with van der Waals surface area (Å²) in [4.78, 5) is 29.1. The van der Waals surface area contributed by atoms with Crippen molar-refractivity contribution in [2.24, 2.45) is 0 Å². The number of rotatable bonds is 4. The molecule has 1 aromatic heterocycles. The van der Waals surface area contributed by atoms with E-state index < -0.39 is 0 Å². The largest absolute Gasteiger partial charge is 0.322 e. The molecule has 0 unspecified atom stereocenters. The first-order chi connectivity index (χ1) is 12.0. The van der Waals surface area contributed by atoms with E-state index in [1.54, 1.807) is 24.3 Å². The molecule has 0 saturated heterocycles. The molecule has 1 N–H and O–H groups in total. The Balaban J connectivity index is 2.03.